The molecule has 27 heavy (non-hydrogen) atoms. The van der Waals surface area contributed by atoms with E-state index in [0.717, 1.165) is 12.8 Å². The number of rotatable bonds is 6. The van der Waals surface area contributed by atoms with Gasteiger partial charge < -0.3 is 21.1 Å². The van der Waals surface area contributed by atoms with Crippen LogP contribution in [0.15, 0.2) is 36.7 Å². The molecule has 1 saturated carbocycles. The summed E-state index contributed by atoms with van der Waals surface area (Å²) in [7, 11) is 0. The van der Waals surface area contributed by atoms with E-state index >= 15 is 0 Å². The summed E-state index contributed by atoms with van der Waals surface area (Å²) in [4.78, 5) is 35.5. The molecule has 0 atom stereocenters. The molecule has 3 rings (SSSR count). The summed E-state index contributed by atoms with van der Waals surface area (Å²) in [6.45, 7) is 3.02. The summed E-state index contributed by atoms with van der Waals surface area (Å²) in [6, 6.07) is 6.48. The summed E-state index contributed by atoms with van der Waals surface area (Å²) in [5.74, 6) is -1.43. The first-order chi connectivity index (χ1) is 12.8. The Balaban J connectivity index is 1.66. The Kier molecular flexibility index (Phi) is 4.85. The molecule has 3 amide bonds. The van der Waals surface area contributed by atoms with E-state index in [1.54, 1.807) is 24.3 Å². The first-order valence-electron chi connectivity index (χ1n) is 8.53. The number of carboxylic acids is 1. The van der Waals surface area contributed by atoms with Crippen LogP contribution in [-0.2, 0) is 10.3 Å². The zero-order valence-corrected chi connectivity index (χ0v) is 15.0. The molecule has 0 unspecified atom stereocenters. The van der Waals surface area contributed by atoms with Crippen molar-refractivity contribution in [1.29, 1.82) is 0 Å². The number of hydrogen-bond acceptors (Lipinski definition) is 4. The Labute approximate surface area is 155 Å². The highest BCUT2D eigenvalue weighted by Crippen LogP contribution is 2.20. The van der Waals surface area contributed by atoms with Crippen molar-refractivity contribution in [3.8, 4) is 0 Å². The van der Waals surface area contributed by atoms with Crippen LogP contribution in [0, 0.1) is 0 Å². The molecule has 9 heteroatoms. The van der Waals surface area contributed by atoms with Gasteiger partial charge in [-0.05, 0) is 44.9 Å². The van der Waals surface area contributed by atoms with Crippen LogP contribution in [0.5, 0.6) is 0 Å². The Morgan fingerprint density at radius 1 is 1.19 bits per heavy atom. The van der Waals surface area contributed by atoms with E-state index in [1.165, 1.54) is 30.9 Å². The first kappa shape index (κ1) is 18.4. The number of carbonyl (C=O) groups excluding carboxylic acids is 2. The summed E-state index contributed by atoms with van der Waals surface area (Å²) in [6.07, 6.45) is 4.81. The van der Waals surface area contributed by atoms with Gasteiger partial charge in [0.05, 0.1) is 11.9 Å². The van der Waals surface area contributed by atoms with Gasteiger partial charge in [-0.1, -0.05) is 6.07 Å². The van der Waals surface area contributed by atoms with Gasteiger partial charge in [-0.2, -0.15) is 5.10 Å². The van der Waals surface area contributed by atoms with E-state index in [9.17, 15) is 19.5 Å². The number of aromatic nitrogens is 2. The zero-order valence-electron chi connectivity index (χ0n) is 15.0. The van der Waals surface area contributed by atoms with Crippen molar-refractivity contribution in [2.75, 3.05) is 10.6 Å². The van der Waals surface area contributed by atoms with Gasteiger partial charge in [-0.25, -0.2) is 9.59 Å². The van der Waals surface area contributed by atoms with Crippen LogP contribution in [0.2, 0.25) is 0 Å². The molecular formula is C18H21N5O4. The minimum Gasteiger partial charge on any atom is -0.479 e. The molecule has 0 bridgehead atoms. The second-order valence-corrected chi connectivity index (χ2v) is 6.95. The fourth-order valence-corrected chi connectivity index (χ4v) is 2.31. The Morgan fingerprint density at radius 2 is 1.93 bits per heavy atom. The van der Waals surface area contributed by atoms with Crippen LogP contribution >= 0.6 is 0 Å². The molecule has 1 aromatic heterocycles. The number of urea groups is 1. The number of benzene rings is 1. The monoisotopic (exact) mass is 371 g/mol. The highest BCUT2D eigenvalue weighted by Gasteiger charge is 2.30. The van der Waals surface area contributed by atoms with Crippen molar-refractivity contribution >= 4 is 29.3 Å². The molecule has 0 aliphatic heterocycles. The van der Waals surface area contributed by atoms with E-state index in [2.05, 4.69) is 21.0 Å². The number of hydrogen-bond donors (Lipinski definition) is 4. The van der Waals surface area contributed by atoms with E-state index in [0.29, 0.717) is 16.9 Å². The van der Waals surface area contributed by atoms with Crippen LogP contribution in [-0.4, -0.2) is 38.8 Å². The fraction of sp³-hybridized carbons (Fsp3) is 0.333. The Morgan fingerprint density at radius 3 is 2.59 bits per heavy atom. The van der Waals surface area contributed by atoms with Crippen molar-refractivity contribution < 1.29 is 19.5 Å². The third-order valence-corrected chi connectivity index (χ3v) is 4.23. The van der Waals surface area contributed by atoms with E-state index < -0.39 is 17.4 Å². The number of amides is 3. The molecule has 1 fully saturated rings. The highest BCUT2D eigenvalue weighted by molar-refractivity contribution is 6.05. The van der Waals surface area contributed by atoms with Gasteiger partial charge in [0, 0.05) is 23.5 Å². The second-order valence-electron chi connectivity index (χ2n) is 6.95. The lowest BCUT2D eigenvalue weighted by Crippen LogP contribution is -2.35. The summed E-state index contributed by atoms with van der Waals surface area (Å²) >= 11 is 0. The molecule has 0 spiro atoms. The van der Waals surface area contributed by atoms with Gasteiger partial charge in [0.2, 0.25) is 0 Å². The number of nitrogens with zero attached hydrogens (tertiary/aromatic N) is 2. The normalized spacial score (nSPS) is 13.7. The van der Waals surface area contributed by atoms with Crippen LogP contribution < -0.4 is 16.0 Å². The van der Waals surface area contributed by atoms with Crippen molar-refractivity contribution in [1.82, 2.24) is 15.1 Å². The minimum atomic E-state index is -1.23. The number of anilines is 2. The van der Waals surface area contributed by atoms with Gasteiger partial charge in [-0.15, -0.1) is 0 Å². The summed E-state index contributed by atoms with van der Waals surface area (Å²) < 4.78 is 1.27. The Hall–Kier alpha value is -3.36. The standard InChI is InChI=1S/C18H21N5O4/c1-18(2,16(25)26)23-10-14(9-19-23)20-15(24)11-4-3-5-13(8-11)22-17(27)21-12-6-7-12/h3-5,8-10,12H,6-7H2,1-2H3,(H,20,24)(H,25,26)(H2,21,22,27). The van der Waals surface area contributed by atoms with Crippen molar-refractivity contribution in [3.05, 3.63) is 42.2 Å². The number of aliphatic carboxylic acids is 1. The van der Waals surface area contributed by atoms with Gasteiger partial charge >= 0.3 is 12.0 Å². The molecule has 1 aliphatic rings. The quantitative estimate of drug-likeness (QED) is 0.620. The third kappa shape index (κ3) is 4.43. The van der Waals surface area contributed by atoms with Gasteiger partial charge in [0.25, 0.3) is 5.91 Å². The smallest absolute Gasteiger partial charge is 0.331 e. The maximum Gasteiger partial charge on any atom is 0.331 e. The SMILES string of the molecule is CC(C)(C(=O)O)n1cc(NC(=O)c2cccc(NC(=O)NC3CC3)c2)cn1. The van der Waals surface area contributed by atoms with E-state index in [4.69, 9.17) is 0 Å². The van der Waals surface area contributed by atoms with Crippen LogP contribution in [0.25, 0.3) is 0 Å². The lowest BCUT2D eigenvalue weighted by atomic mass is 10.1. The molecule has 142 valence electrons. The predicted molar refractivity (Wildman–Crippen MR) is 98.8 cm³/mol. The fourth-order valence-electron chi connectivity index (χ4n) is 2.31. The number of carboxylic acid groups (broad SMARTS) is 1. The van der Waals surface area contributed by atoms with Crippen LogP contribution in [0.1, 0.15) is 37.0 Å². The minimum absolute atomic E-state index is 0.239. The number of carbonyl (C=O) groups is 3. The van der Waals surface area contributed by atoms with E-state index in [-0.39, 0.29) is 12.1 Å². The van der Waals surface area contributed by atoms with Gasteiger partial charge in [0.15, 0.2) is 5.54 Å². The van der Waals surface area contributed by atoms with Crippen molar-refractivity contribution in [2.45, 2.75) is 38.3 Å². The maximum atomic E-state index is 12.4. The molecular weight excluding hydrogens is 350 g/mol. The van der Waals surface area contributed by atoms with Gasteiger partial charge in [0.1, 0.15) is 0 Å². The molecule has 0 radical (unpaired) electrons. The largest absolute Gasteiger partial charge is 0.479 e. The molecule has 9 nitrogen and oxygen atoms in total. The van der Waals surface area contributed by atoms with Crippen LogP contribution in [0.3, 0.4) is 0 Å². The Bertz CT molecular complexity index is 885. The van der Waals surface area contributed by atoms with Crippen molar-refractivity contribution in [2.24, 2.45) is 0 Å². The molecule has 2 aromatic rings. The summed E-state index contributed by atoms with van der Waals surface area (Å²) in [5, 5.41) is 21.4. The predicted octanol–water partition coefficient (Wildman–Crippen LogP) is 2.24. The molecule has 1 heterocycles. The van der Waals surface area contributed by atoms with Crippen LogP contribution in [0.4, 0.5) is 16.2 Å². The zero-order chi connectivity index (χ0) is 19.6. The molecule has 4 N–H and O–H groups in total. The second kappa shape index (κ2) is 7.10. The molecule has 0 saturated heterocycles. The summed E-state index contributed by atoms with van der Waals surface area (Å²) in [5.41, 5.74) is -0.00556. The van der Waals surface area contributed by atoms with Gasteiger partial charge in [-0.3, -0.25) is 9.48 Å². The first-order valence-corrected chi connectivity index (χ1v) is 8.53. The van der Waals surface area contributed by atoms with E-state index in [1.807, 2.05) is 0 Å². The van der Waals surface area contributed by atoms with Crippen molar-refractivity contribution in [3.63, 3.8) is 0 Å². The highest BCUT2D eigenvalue weighted by atomic mass is 16.4. The third-order valence-electron chi connectivity index (χ3n) is 4.23. The molecule has 1 aliphatic carbocycles. The lowest BCUT2D eigenvalue weighted by molar-refractivity contribution is -0.146. The topological polar surface area (TPSA) is 125 Å². The average Bonchev–Trinajstić information content (AvgIpc) is 3.28. The maximum absolute atomic E-state index is 12.4. The number of nitrogens with one attached hydrogen (secondary N) is 3. The average molecular weight is 371 g/mol. The lowest BCUT2D eigenvalue weighted by Gasteiger charge is -2.19. The molecule has 1 aromatic carbocycles.